The molecule has 3 nitrogen and oxygen atoms in total. The lowest BCUT2D eigenvalue weighted by molar-refractivity contribution is 0.468. The molecule has 0 radical (unpaired) electrons. The van der Waals surface area contributed by atoms with E-state index in [1.165, 1.54) is 24.3 Å². The zero-order valence-corrected chi connectivity index (χ0v) is 10.8. The zero-order valence-electron chi connectivity index (χ0n) is 9.19. The lowest BCUT2D eigenvalue weighted by atomic mass is 10.1. The normalized spacial score (nSPS) is 22.2. The van der Waals surface area contributed by atoms with Gasteiger partial charge in [0.15, 0.2) is 4.77 Å². The highest BCUT2D eigenvalue weighted by atomic mass is 32.2. The summed E-state index contributed by atoms with van der Waals surface area (Å²) in [4.78, 5) is 0. The minimum absolute atomic E-state index is 0.435. The Morgan fingerprint density at radius 2 is 2.40 bits per heavy atom. The first-order valence-corrected chi connectivity index (χ1v) is 7.01. The van der Waals surface area contributed by atoms with Gasteiger partial charge in [-0.15, -0.1) is 0 Å². The van der Waals surface area contributed by atoms with Gasteiger partial charge in [-0.3, -0.25) is 9.67 Å². The Balaban J connectivity index is 2.32. The van der Waals surface area contributed by atoms with E-state index in [4.69, 9.17) is 12.2 Å². The highest BCUT2D eigenvalue weighted by Crippen LogP contribution is 2.29. The fourth-order valence-corrected chi connectivity index (χ4v) is 3.42. The van der Waals surface area contributed by atoms with Crippen molar-refractivity contribution < 1.29 is 0 Å². The van der Waals surface area contributed by atoms with Crippen molar-refractivity contribution in [1.29, 1.82) is 0 Å². The number of hydrogen-bond acceptors (Lipinski definition) is 3. The molecule has 0 bridgehead atoms. The van der Waals surface area contributed by atoms with Crippen molar-refractivity contribution in [2.75, 3.05) is 11.5 Å². The van der Waals surface area contributed by atoms with Crippen LogP contribution in [0.25, 0.3) is 0 Å². The van der Waals surface area contributed by atoms with Crippen molar-refractivity contribution in [3.63, 3.8) is 0 Å². The molecule has 0 aliphatic carbocycles. The van der Waals surface area contributed by atoms with Gasteiger partial charge in [-0.25, -0.2) is 0 Å². The Labute approximate surface area is 99.7 Å². The second-order valence-electron chi connectivity index (χ2n) is 4.28. The maximum atomic E-state index is 5.31. The van der Waals surface area contributed by atoms with Crippen LogP contribution in [0, 0.1) is 4.77 Å². The molecule has 0 aromatic carbocycles. The molecule has 1 aromatic heterocycles. The maximum Gasteiger partial charge on any atom is 0.195 e. The predicted octanol–water partition coefficient (Wildman–Crippen LogP) is 3.13. The molecule has 5 heteroatoms. The van der Waals surface area contributed by atoms with Gasteiger partial charge in [0, 0.05) is 17.7 Å². The summed E-state index contributed by atoms with van der Waals surface area (Å²) < 4.78 is 3.01. The number of thioether (sulfide) groups is 1. The SMILES string of the molecule is CC(C)c1n[nH]c(=S)n1C1CCCSC1. The lowest BCUT2D eigenvalue weighted by Gasteiger charge is -2.24. The van der Waals surface area contributed by atoms with Gasteiger partial charge in [-0.2, -0.15) is 16.9 Å². The third kappa shape index (κ3) is 2.28. The van der Waals surface area contributed by atoms with Crippen LogP contribution < -0.4 is 0 Å². The van der Waals surface area contributed by atoms with Crippen LogP contribution in [0.2, 0.25) is 0 Å². The quantitative estimate of drug-likeness (QED) is 0.810. The monoisotopic (exact) mass is 243 g/mol. The fourth-order valence-electron chi connectivity index (χ4n) is 2.00. The molecule has 0 amide bonds. The molecule has 15 heavy (non-hydrogen) atoms. The van der Waals surface area contributed by atoms with Gasteiger partial charge in [0.2, 0.25) is 0 Å². The van der Waals surface area contributed by atoms with Gasteiger partial charge < -0.3 is 0 Å². The number of aromatic amines is 1. The van der Waals surface area contributed by atoms with Gasteiger partial charge in [0.25, 0.3) is 0 Å². The van der Waals surface area contributed by atoms with Crippen molar-refractivity contribution >= 4 is 24.0 Å². The summed E-state index contributed by atoms with van der Waals surface area (Å²) >= 11 is 7.33. The van der Waals surface area contributed by atoms with E-state index in [1.54, 1.807) is 0 Å². The van der Waals surface area contributed by atoms with Crippen molar-refractivity contribution in [2.45, 2.75) is 38.6 Å². The molecule has 2 heterocycles. The van der Waals surface area contributed by atoms with E-state index >= 15 is 0 Å². The molecule has 1 aromatic rings. The van der Waals surface area contributed by atoms with Crippen LogP contribution in [-0.4, -0.2) is 26.3 Å². The molecule has 1 aliphatic heterocycles. The van der Waals surface area contributed by atoms with Crippen LogP contribution in [0.3, 0.4) is 0 Å². The molecule has 84 valence electrons. The van der Waals surface area contributed by atoms with E-state index in [-0.39, 0.29) is 0 Å². The smallest absolute Gasteiger partial charge is 0.195 e. The molecule has 1 unspecified atom stereocenters. The third-order valence-corrected chi connectivity index (χ3v) is 4.24. The molecule has 2 rings (SSSR count). The maximum absolute atomic E-state index is 5.31. The Kier molecular flexibility index (Phi) is 3.51. The molecule has 0 saturated carbocycles. The molecule has 1 fully saturated rings. The van der Waals surface area contributed by atoms with Gasteiger partial charge in [0.05, 0.1) is 0 Å². The Morgan fingerprint density at radius 3 is 3.00 bits per heavy atom. The van der Waals surface area contributed by atoms with E-state index in [2.05, 4.69) is 28.6 Å². The Bertz CT molecular complexity index is 374. The largest absolute Gasteiger partial charge is 0.300 e. The summed E-state index contributed by atoms with van der Waals surface area (Å²) in [7, 11) is 0. The number of nitrogens with zero attached hydrogens (tertiary/aromatic N) is 2. The lowest BCUT2D eigenvalue weighted by Crippen LogP contribution is -2.19. The van der Waals surface area contributed by atoms with Crippen LogP contribution in [0.5, 0.6) is 0 Å². The predicted molar refractivity (Wildman–Crippen MR) is 67.1 cm³/mol. The number of H-pyrrole nitrogens is 1. The van der Waals surface area contributed by atoms with Crippen LogP contribution in [-0.2, 0) is 0 Å². The van der Waals surface area contributed by atoms with Crippen LogP contribution >= 0.6 is 24.0 Å². The average molecular weight is 243 g/mol. The van der Waals surface area contributed by atoms with E-state index in [0.29, 0.717) is 12.0 Å². The highest BCUT2D eigenvalue weighted by Gasteiger charge is 2.21. The second kappa shape index (κ2) is 4.70. The fraction of sp³-hybridized carbons (Fsp3) is 0.800. The molecule has 1 aliphatic rings. The number of aromatic nitrogens is 3. The number of rotatable bonds is 2. The van der Waals surface area contributed by atoms with E-state index < -0.39 is 0 Å². The van der Waals surface area contributed by atoms with Gasteiger partial charge >= 0.3 is 0 Å². The zero-order chi connectivity index (χ0) is 10.8. The van der Waals surface area contributed by atoms with Crippen LogP contribution in [0.15, 0.2) is 0 Å². The van der Waals surface area contributed by atoms with E-state index in [1.807, 2.05) is 11.8 Å². The van der Waals surface area contributed by atoms with Crippen molar-refractivity contribution in [1.82, 2.24) is 14.8 Å². The minimum atomic E-state index is 0.435. The van der Waals surface area contributed by atoms with Crippen molar-refractivity contribution in [2.24, 2.45) is 0 Å². The molecule has 1 N–H and O–H groups in total. The second-order valence-corrected chi connectivity index (χ2v) is 5.82. The summed E-state index contributed by atoms with van der Waals surface area (Å²) in [6.45, 7) is 4.33. The molecular formula is C10H17N3S2. The standard InChI is InChI=1S/C10H17N3S2/c1-7(2)9-11-12-10(14)13(9)8-4-3-5-15-6-8/h7-8H,3-6H2,1-2H3,(H,12,14). The van der Waals surface area contributed by atoms with E-state index in [0.717, 1.165) is 10.6 Å². The summed E-state index contributed by atoms with van der Waals surface area (Å²) in [6.07, 6.45) is 2.53. The minimum Gasteiger partial charge on any atom is -0.300 e. The van der Waals surface area contributed by atoms with Crippen LogP contribution in [0.4, 0.5) is 0 Å². The van der Waals surface area contributed by atoms with E-state index in [9.17, 15) is 0 Å². The first-order valence-electron chi connectivity index (χ1n) is 5.44. The van der Waals surface area contributed by atoms with Crippen molar-refractivity contribution in [3.05, 3.63) is 10.6 Å². The highest BCUT2D eigenvalue weighted by molar-refractivity contribution is 7.99. The molecule has 1 saturated heterocycles. The number of nitrogens with one attached hydrogen (secondary N) is 1. The first-order chi connectivity index (χ1) is 7.20. The Morgan fingerprint density at radius 1 is 1.60 bits per heavy atom. The number of hydrogen-bond donors (Lipinski definition) is 1. The molecular weight excluding hydrogens is 226 g/mol. The summed E-state index contributed by atoms with van der Waals surface area (Å²) in [6, 6.07) is 0.549. The summed E-state index contributed by atoms with van der Waals surface area (Å²) in [5.74, 6) is 4.00. The van der Waals surface area contributed by atoms with Crippen LogP contribution in [0.1, 0.15) is 44.5 Å². The van der Waals surface area contributed by atoms with Crippen molar-refractivity contribution in [3.8, 4) is 0 Å². The average Bonchev–Trinajstić information content (AvgIpc) is 2.61. The van der Waals surface area contributed by atoms with Gasteiger partial charge in [-0.1, -0.05) is 13.8 Å². The summed E-state index contributed by atoms with van der Waals surface area (Å²) in [5, 5.41) is 7.25. The van der Waals surface area contributed by atoms with Gasteiger partial charge in [-0.05, 0) is 30.8 Å². The topological polar surface area (TPSA) is 33.6 Å². The first kappa shape index (κ1) is 11.2. The third-order valence-electron chi connectivity index (χ3n) is 2.75. The Hall–Kier alpha value is -0.290. The molecule has 0 spiro atoms. The molecule has 1 atom stereocenters. The van der Waals surface area contributed by atoms with Gasteiger partial charge in [0.1, 0.15) is 5.82 Å². The summed E-state index contributed by atoms with van der Waals surface area (Å²) in [5.41, 5.74) is 0.